The first kappa shape index (κ1) is 38.0. The van der Waals surface area contributed by atoms with Gasteiger partial charge >= 0.3 is 0 Å². The Morgan fingerprint density at radius 3 is 2.12 bits per heavy atom. The number of hydrogen-bond donors (Lipinski definition) is 2. The number of hydrogen-bond acceptors (Lipinski definition) is 5. The second-order valence-electron chi connectivity index (χ2n) is 14.9. The molecule has 4 N–H and O–H groups in total. The smallest absolute Gasteiger partial charge is 0.0637 e. The SMILES string of the molecule is CCCCO[C@H](CC)C1[C@@H](C(C)(C)CC[C@H](CC)OCCCN)C[C@H](OCCCN)[C@]2(C)[C@@H]([C@H](C)CCCC)CC[C@@H]12. The highest BCUT2D eigenvalue weighted by Gasteiger charge is 2.62. The Kier molecular flexibility index (Phi) is 17.5. The molecule has 5 heteroatoms. The quantitative estimate of drug-likeness (QED) is 0.116. The van der Waals surface area contributed by atoms with Gasteiger partial charge < -0.3 is 25.7 Å². The van der Waals surface area contributed by atoms with Crippen molar-refractivity contribution in [2.24, 2.45) is 51.9 Å². The maximum atomic E-state index is 6.97. The summed E-state index contributed by atoms with van der Waals surface area (Å²) >= 11 is 0. The minimum absolute atomic E-state index is 0.180. The first-order valence-electron chi connectivity index (χ1n) is 18.4. The van der Waals surface area contributed by atoms with E-state index in [1.165, 1.54) is 44.9 Å². The van der Waals surface area contributed by atoms with Gasteiger partial charge in [0.25, 0.3) is 0 Å². The zero-order valence-corrected chi connectivity index (χ0v) is 29.4. The third-order valence-electron chi connectivity index (χ3n) is 11.8. The molecule has 2 saturated carbocycles. The second kappa shape index (κ2) is 19.3. The van der Waals surface area contributed by atoms with Crippen LogP contribution in [0, 0.1) is 40.4 Å². The van der Waals surface area contributed by atoms with Gasteiger partial charge in [0.05, 0.1) is 18.3 Å². The molecule has 2 fully saturated rings. The molecular weight excluding hydrogens is 520 g/mol. The van der Waals surface area contributed by atoms with Crippen molar-refractivity contribution in [3.63, 3.8) is 0 Å². The van der Waals surface area contributed by atoms with Crippen LogP contribution in [-0.4, -0.2) is 51.2 Å². The fourth-order valence-corrected chi connectivity index (χ4v) is 9.14. The Labute approximate surface area is 262 Å². The molecule has 5 nitrogen and oxygen atoms in total. The number of unbranched alkanes of at least 4 members (excludes halogenated alkanes) is 2. The number of nitrogens with two attached hydrogens (primary N) is 2. The van der Waals surface area contributed by atoms with Gasteiger partial charge in [-0.05, 0) is 112 Å². The summed E-state index contributed by atoms with van der Waals surface area (Å²) in [6, 6.07) is 0. The third kappa shape index (κ3) is 9.90. The Hall–Kier alpha value is -0.200. The molecule has 0 aromatic carbocycles. The van der Waals surface area contributed by atoms with Crippen LogP contribution in [0.3, 0.4) is 0 Å². The van der Waals surface area contributed by atoms with Gasteiger partial charge in [0.2, 0.25) is 0 Å². The van der Waals surface area contributed by atoms with E-state index >= 15 is 0 Å². The molecule has 0 aromatic heterocycles. The summed E-state index contributed by atoms with van der Waals surface area (Å²) in [5, 5.41) is 0. The van der Waals surface area contributed by atoms with Crippen molar-refractivity contribution in [1.29, 1.82) is 0 Å². The van der Waals surface area contributed by atoms with Crippen molar-refractivity contribution < 1.29 is 14.2 Å². The Bertz CT molecular complexity index is 702. The van der Waals surface area contributed by atoms with E-state index in [9.17, 15) is 0 Å². The van der Waals surface area contributed by atoms with Crippen LogP contribution >= 0.6 is 0 Å². The molecule has 2 aliphatic rings. The molecule has 0 spiro atoms. The van der Waals surface area contributed by atoms with Gasteiger partial charge in [0, 0.05) is 25.2 Å². The fraction of sp³-hybridized carbons (Fsp3) is 1.00. The molecule has 2 aliphatic carbocycles. The Morgan fingerprint density at radius 1 is 0.833 bits per heavy atom. The van der Waals surface area contributed by atoms with Crippen molar-refractivity contribution >= 4 is 0 Å². The molecule has 1 unspecified atom stereocenters. The van der Waals surface area contributed by atoms with Crippen LogP contribution in [0.5, 0.6) is 0 Å². The second-order valence-corrected chi connectivity index (χ2v) is 14.9. The molecule has 0 aliphatic heterocycles. The van der Waals surface area contributed by atoms with E-state index in [4.69, 9.17) is 25.7 Å². The van der Waals surface area contributed by atoms with Gasteiger partial charge in [-0.15, -0.1) is 0 Å². The molecule has 2 rings (SSSR count). The van der Waals surface area contributed by atoms with E-state index in [-0.39, 0.29) is 10.8 Å². The summed E-state index contributed by atoms with van der Waals surface area (Å²) in [6.45, 7) is 23.4. The normalized spacial score (nSPS) is 30.3. The summed E-state index contributed by atoms with van der Waals surface area (Å²) in [5.74, 6) is 3.24. The average molecular weight is 595 g/mol. The minimum atomic E-state index is 0.180. The summed E-state index contributed by atoms with van der Waals surface area (Å²) in [7, 11) is 0. The maximum Gasteiger partial charge on any atom is 0.0637 e. The van der Waals surface area contributed by atoms with Crippen LogP contribution in [0.2, 0.25) is 0 Å². The van der Waals surface area contributed by atoms with E-state index < -0.39 is 0 Å². The maximum absolute atomic E-state index is 6.97. The summed E-state index contributed by atoms with van der Waals surface area (Å²) in [4.78, 5) is 0. The summed E-state index contributed by atoms with van der Waals surface area (Å²) in [5.41, 5.74) is 12.1. The molecule has 42 heavy (non-hydrogen) atoms. The van der Waals surface area contributed by atoms with E-state index in [1.54, 1.807) is 0 Å². The van der Waals surface area contributed by atoms with Crippen LogP contribution in [-0.2, 0) is 14.2 Å². The highest BCUT2D eigenvalue weighted by Crippen LogP contribution is 2.65. The largest absolute Gasteiger partial charge is 0.378 e. The summed E-state index contributed by atoms with van der Waals surface area (Å²) in [6.07, 6.45) is 17.4. The molecule has 0 saturated heterocycles. The van der Waals surface area contributed by atoms with Crippen LogP contribution < -0.4 is 11.5 Å². The molecule has 0 radical (unpaired) electrons. The van der Waals surface area contributed by atoms with Gasteiger partial charge in [0.1, 0.15) is 0 Å². The first-order valence-corrected chi connectivity index (χ1v) is 18.4. The Morgan fingerprint density at radius 2 is 1.50 bits per heavy atom. The molecule has 0 amide bonds. The minimum Gasteiger partial charge on any atom is -0.378 e. The van der Waals surface area contributed by atoms with E-state index in [2.05, 4.69) is 55.4 Å². The topological polar surface area (TPSA) is 79.7 Å². The summed E-state index contributed by atoms with van der Waals surface area (Å²) < 4.78 is 20.1. The lowest BCUT2D eigenvalue weighted by Crippen LogP contribution is -2.58. The fourth-order valence-electron chi connectivity index (χ4n) is 9.14. The number of ether oxygens (including phenoxy) is 3. The lowest BCUT2D eigenvalue weighted by atomic mass is 9.49. The van der Waals surface area contributed by atoms with Gasteiger partial charge in [0.15, 0.2) is 0 Å². The van der Waals surface area contributed by atoms with Crippen molar-refractivity contribution in [3.05, 3.63) is 0 Å². The van der Waals surface area contributed by atoms with E-state index in [0.717, 1.165) is 76.6 Å². The van der Waals surface area contributed by atoms with Gasteiger partial charge in [-0.2, -0.15) is 0 Å². The highest BCUT2D eigenvalue weighted by atomic mass is 16.5. The average Bonchev–Trinajstić information content (AvgIpc) is 3.34. The monoisotopic (exact) mass is 595 g/mol. The van der Waals surface area contributed by atoms with Crippen molar-refractivity contribution in [3.8, 4) is 0 Å². The zero-order chi connectivity index (χ0) is 31.2. The van der Waals surface area contributed by atoms with Crippen molar-refractivity contribution in [1.82, 2.24) is 0 Å². The van der Waals surface area contributed by atoms with Crippen LogP contribution in [0.4, 0.5) is 0 Å². The molecule has 0 bridgehead atoms. The predicted octanol–water partition coefficient (Wildman–Crippen LogP) is 8.76. The zero-order valence-electron chi connectivity index (χ0n) is 29.4. The van der Waals surface area contributed by atoms with Crippen LogP contribution in [0.25, 0.3) is 0 Å². The lowest BCUT2D eigenvalue weighted by Gasteiger charge is -2.59. The van der Waals surface area contributed by atoms with Crippen LogP contribution in [0.1, 0.15) is 145 Å². The molecular formula is C37H74N2O3. The first-order chi connectivity index (χ1) is 20.2. The molecule has 0 heterocycles. The van der Waals surface area contributed by atoms with Crippen LogP contribution in [0.15, 0.2) is 0 Å². The molecule has 250 valence electrons. The van der Waals surface area contributed by atoms with Crippen molar-refractivity contribution in [2.75, 3.05) is 32.9 Å². The predicted molar refractivity (Wildman–Crippen MR) is 180 cm³/mol. The Balaban J connectivity index is 2.46. The highest BCUT2D eigenvalue weighted by molar-refractivity contribution is 5.11. The van der Waals surface area contributed by atoms with E-state index in [1.807, 2.05) is 0 Å². The standard InChI is InChI=1S/C37H74N2O3/c1-9-13-17-28(5)30-18-19-31-35(33(12-4)41-24-14-10-2)32(27-34(37(30,31)8)42-26-16-23-39)36(6,7)21-20-29(11-3)40-25-15-22-38/h28-35H,9-27,38-39H2,1-8H3/t28-,29+,30-,31+,32+,33-,34+,35?,37-/m1/s1. The van der Waals surface area contributed by atoms with Crippen molar-refractivity contribution in [2.45, 2.75) is 164 Å². The van der Waals surface area contributed by atoms with Gasteiger partial charge in [-0.3, -0.25) is 0 Å². The number of rotatable bonds is 23. The lowest BCUT2D eigenvalue weighted by molar-refractivity contribution is -0.185. The van der Waals surface area contributed by atoms with E-state index in [0.29, 0.717) is 49.2 Å². The molecule has 0 aromatic rings. The number of fused-ring (bicyclic) bond motifs is 1. The third-order valence-corrected chi connectivity index (χ3v) is 11.8. The van der Waals surface area contributed by atoms with Gasteiger partial charge in [-0.1, -0.05) is 81.1 Å². The van der Waals surface area contributed by atoms with Gasteiger partial charge in [-0.25, -0.2) is 0 Å². The molecule has 9 atom stereocenters.